The summed E-state index contributed by atoms with van der Waals surface area (Å²) in [6.45, 7) is 5.93. The molecule has 2 nitrogen and oxygen atoms in total. The van der Waals surface area contributed by atoms with Gasteiger partial charge < -0.3 is 4.74 Å². The summed E-state index contributed by atoms with van der Waals surface area (Å²) >= 11 is 6.41. The van der Waals surface area contributed by atoms with Gasteiger partial charge in [-0.25, -0.2) is 4.98 Å². The molecule has 0 unspecified atom stereocenters. The predicted molar refractivity (Wildman–Crippen MR) is 80.8 cm³/mol. The summed E-state index contributed by atoms with van der Waals surface area (Å²) in [7, 11) is 0. The Morgan fingerprint density at radius 2 is 2.06 bits per heavy atom. The molecular formula is C14H21NOS2. The zero-order valence-electron chi connectivity index (χ0n) is 11.1. The monoisotopic (exact) mass is 283 g/mol. The Bertz CT molecular complexity index is 383. The van der Waals surface area contributed by atoms with Gasteiger partial charge in [0.25, 0.3) is 0 Å². The molecule has 0 atom stereocenters. The normalized spacial score (nSPS) is 18.8. The number of thioether (sulfide) groups is 1. The van der Waals surface area contributed by atoms with Gasteiger partial charge in [-0.2, -0.15) is 12.6 Å². The van der Waals surface area contributed by atoms with E-state index in [1.165, 1.54) is 5.56 Å². The van der Waals surface area contributed by atoms with Crippen molar-refractivity contribution in [1.29, 1.82) is 0 Å². The summed E-state index contributed by atoms with van der Waals surface area (Å²) in [5.41, 5.74) is 2.71. The highest BCUT2D eigenvalue weighted by Crippen LogP contribution is 2.37. The fourth-order valence-corrected chi connectivity index (χ4v) is 4.16. The summed E-state index contributed by atoms with van der Waals surface area (Å²) in [5, 5.41) is 1.14. The second-order valence-corrected chi connectivity index (χ2v) is 6.50. The summed E-state index contributed by atoms with van der Waals surface area (Å²) < 4.78 is 5.46. The molecule has 1 saturated heterocycles. The minimum atomic E-state index is 0.325. The summed E-state index contributed by atoms with van der Waals surface area (Å²) in [6.07, 6.45) is 2.24. The molecule has 1 fully saturated rings. The van der Waals surface area contributed by atoms with Crippen molar-refractivity contribution in [3.8, 4) is 0 Å². The van der Waals surface area contributed by atoms with Crippen molar-refractivity contribution >= 4 is 24.4 Å². The van der Waals surface area contributed by atoms with Crippen molar-refractivity contribution in [2.75, 3.05) is 24.7 Å². The van der Waals surface area contributed by atoms with E-state index < -0.39 is 0 Å². The van der Waals surface area contributed by atoms with E-state index in [4.69, 9.17) is 4.74 Å². The van der Waals surface area contributed by atoms with Crippen LogP contribution in [0.15, 0.2) is 17.2 Å². The number of hydrogen-bond donors (Lipinski definition) is 1. The number of aryl methyl sites for hydroxylation is 2. The van der Waals surface area contributed by atoms with E-state index in [0.717, 1.165) is 48.3 Å². The Balaban J connectivity index is 2.00. The summed E-state index contributed by atoms with van der Waals surface area (Å²) in [4.78, 5) is 4.59. The lowest BCUT2D eigenvalue weighted by molar-refractivity contribution is 0.0371. The van der Waals surface area contributed by atoms with Crippen LogP contribution >= 0.6 is 24.4 Å². The van der Waals surface area contributed by atoms with Crippen LogP contribution in [-0.2, 0) is 4.74 Å². The lowest BCUT2D eigenvalue weighted by Crippen LogP contribution is -2.33. The van der Waals surface area contributed by atoms with E-state index in [1.807, 2.05) is 11.8 Å². The molecule has 1 aromatic heterocycles. The summed E-state index contributed by atoms with van der Waals surface area (Å²) in [5.74, 6) is 2.03. The zero-order valence-corrected chi connectivity index (χ0v) is 12.8. The second kappa shape index (κ2) is 6.31. The first-order valence-corrected chi connectivity index (χ1v) is 8.02. The molecule has 1 aliphatic rings. The van der Waals surface area contributed by atoms with Crippen LogP contribution in [0.5, 0.6) is 0 Å². The molecule has 1 aliphatic heterocycles. The molecule has 0 spiro atoms. The second-order valence-electron chi connectivity index (χ2n) is 5.18. The van der Waals surface area contributed by atoms with E-state index in [9.17, 15) is 0 Å². The topological polar surface area (TPSA) is 22.1 Å². The van der Waals surface area contributed by atoms with Gasteiger partial charge in [-0.1, -0.05) is 0 Å². The number of nitrogens with zero attached hydrogens (tertiary/aromatic N) is 1. The lowest BCUT2D eigenvalue weighted by Gasteiger charge is -2.35. The average Bonchev–Trinajstić information content (AvgIpc) is 2.36. The van der Waals surface area contributed by atoms with Crippen molar-refractivity contribution in [1.82, 2.24) is 4.98 Å². The summed E-state index contributed by atoms with van der Waals surface area (Å²) in [6, 6.07) is 4.29. The standard InChI is InChI=1S/C14H21NOS2/c1-11-7-12(2)15-13(8-11)18-10-14(9-17)3-5-16-6-4-14/h7-8,17H,3-6,9-10H2,1-2H3. The minimum absolute atomic E-state index is 0.325. The van der Waals surface area contributed by atoms with Gasteiger partial charge in [0.15, 0.2) is 0 Å². The van der Waals surface area contributed by atoms with Gasteiger partial charge in [-0.15, -0.1) is 11.8 Å². The van der Waals surface area contributed by atoms with Gasteiger partial charge >= 0.3 is 0 Å². The average molecular weight is 283 g/mol. The number of rotatable bonds is 4. The Morgan fingerprint density at radius 1 is 1.33 bits per heavy atom. The van der Waals surface area contributed by atoms with E-state index in [2.05, 4.69) is 43.6 Å². The maximum atomic E-state index is 5.46. The van der Waals surface area contributed by atoms with Crippen molar-refractivity contribution in [3.63, 3.8) is 0 Å². The Morgan fingerprint density at radius 3 is 2.67 bits per heavy atom. The fourth-order valence-electron chi connectivity index (χ4n) is 2.26. The quantitative estimate of drug-likeness (QED) is 0.675. The molecule has 2 heterocycles. The fraction of sp³-hybridized carbons (Fsp3) is 0.643. The number of pyridine rings is 1. The molecular weight excluding hydrogens is 262 g/mol. The molecule has 4 heteroatoms. The van der Waals surface area contributed by atoms with Crippen molar-refractivity contribution in [3.05, 3.63) is 23.4 Å². The maximum absolute atomic E-state index is 5.46. The molecule has 0 bridgehead atoms. The molecule has 1 aromatic rings. The van der Waals surface area contributed by atoms with Crippen molar-refractivity contribution < 1.29 is 4.74 Å². The highest BCUT2D eigenvalue weighted by atomic mass is 32.2. The first kappa shape index (κ1) is 14.2. The molecule has 2 rings (SSSR count). The van der Waals surface area contributed by atoms with E-state index >= 15 is 0 Å². The van der Waals surface area contributed by atoms with Crippen LogP contribution in [-0.4, -0.2) is 29.7 Å². The predicted octanol–water partition coefficient (Wildman–Crippen LogP) is 3.52. The van der Waals surface area contributed by atoms with Gasteiger partial charge in [0.2, 0.25) is 0 Å². The first-order chi connectivity index (χ1) is 8.63. The van der Waals surface area contributed by atoms with Gasteiger partial charge in [-0.3, -0.25) is 0 Å². The van der Waals surface area contributed by atoms with Crippen LogP contribution in [0.3, 0.4) is 0 Å². The lowest BCUT2D eigenvalue weighted by atomic mass is 9.84. The van der Waals surface area contributed by atoms with E-state index in [0.29, 0.717) is 5.41 Å². The van der Waals surface area contributed by atoms with Crippen LogP contribution in [0.4, 0.5) is 0 Å². The number of aromatic nitrogens is 1. The molecule has 0 N–H and O–H groups in total. The van der Waals surface area contributed by atoms with E-state index in [-0.39, 0.29) is 0 Å². The number of ether oxygens (including phenoxy) is 1. The molecule has 0 aliphatic carbocycles. The van der Waals surface area contributed by atoms with Crippen LogP contribution in [0.25, 0.3) is 0 Å². The van der Waals surface area contributed by atoms with Gasteiger partial charge in [0.1, 0.15) is 0 Å². The number of hydrogen-bond acceptors (Lipinski definition) is 4. The highest BCUT2D eigenvalue weighted by molar-refractivity contribution is 7.99. The largest absolute Gasteiger partial charge is 0.381 e. The molecule has 0 radical (unpaired) electrons. The van der Waals surface area contributed by atoms with E-state index in [1.54, 1.807) is 0 Å². The Labute approximate surface area is 119 Å². The third-order valence-electron chi connectivity index (χ3n) is 3.49. The van der Waals surface area contributed by atoms with Crippen LogP contribution in [0.1, 0.15) is 24.1 Å². The van der Waals surface area contributed by atoms with Crippen LogP contribution < -0.4 is 0 Å². The van der Waals surface area contributed by atoms with Gasteiger partial charge in [-0.05, 0) is 55.6 Å². The zero-order chi connectivity index (χ0) is 13.0. The number of thiol groups is 1. The van der Waals surface area contributed by atoms with Crippen molar-refractivity contribution in [2.45, 2.75) is 31.7 Å². The molecule has 0 amide bonds. The Kier molecular flexibility index (Phi) is 4.98. The SMILES string of the molecule is Cc1cc(C)nc(SCC2(CS)CCOCC2)c1. The highest BCUT2D eigenvalue weighted by Gasteiger charge is 2.31. The smallest absolute Gasteiger partial charge is 0.0965 e. The van der Waals surface area contributed by atoms with Crippen LogP contribution in [0, 0.1) is 19.3 Å². The minimum Gasteiger partial charge on any atom is -0.381 e. The molecule has 0 saturated carbocycles. The van der Waals surface area contributed by atoms with Gasteiger partial charge in [0.05, 0.1) is 5.03 Å². The third-order valence-corrected chi connectivity index (χ3v) is 5.42. The Hall–Kier alpha value is -0.190. The molecule has 100 valence electrons. The first-order valence-electron chi connectivity index (χ1n) is 6.40. The van der Waals surface area contributed by atoms with Crippen molar-refractivity contribution in [2.24, 2.45) is 5.41 Å². The molecule has 0 aromatic carbocycles. The third kappa shape index (κ3) is 3.65. The maximum Gasteiger partial charge on any atom is 0.0965 e. The van der Waals surface area contributed by atoms with Gasteiger partial charge in [0, 0.05) is 24.7 Å². The van der Waals surface area contributed by atoms with Crippen LogP contribution in [0.2, 0.25) is 0 Å². The molecule has 18 heavy (non-hydrogen) atoms.